The predicted octanol–water partition coefficient (Wildman–Crippen LogP) is 7.13. The van der Waals surface area contributed by atoms with Gasteiger partial charge in [-0.15, -0.1) is 0 Å². The molecule has 2 nitrogen and oxygen atoms in total. The van der Waals surface area contributed by atoms with Gasteiger partial charge >= 0.3 is 5.97 Å². The van der Waals surface area contributed by atoms with Crippen LogP contribution < -0.4 is 0 Å². The van der Waals surface area contributed by atoms with E-state index in [1.165, 1.54) is 37.7 Å². The number of carbonyl (C=O) groups is 1. The third-order valence-electron chi connectivity index (χ3n) is 6.88. The van der Waals surface area contributed by atoms with Gasteiger partial charge in [0.05, 0.1) is 5.56 Å². The van der Waals surface area contributed by atoms with Gasteiger partial charge in [0.25, 0.3) is 0 Å². The summed E-state index contributed by atoms with van der Waals surface area (Å²) in [6, 6.07) is 7.86. The lowest BCUT2D eigenvalue weighted by molar-refractivity contribution is 0.0188. The maximum Gasteiger partial charge on any atom is 0.338 e. The molecule has 30 heavy (non-hydrogen) atoms. The highest BCUT2D eigenvalue weighted by molar-refractivity contribution is 5.89. The van der Waals surface area contributed by atoms with E-state index in [2.05, 4.69) is 37.8 Å². The van der Waals surface area contributed by atoms with Gasteiger partial charge in [0.15, 0.2) is 0 Å². The highest BCUT2D eigenvalue weighted by Crippen LogP contribution is 2.31. The zero-order valence-corrected chi connectivity index (χ0v) is 18.9. The summed E-state index contributed by atoms with van der Waals surface area (Å²) >= 11 is 0. The van der Waals surface area contributed by atoms with Crippen molar-refractivity contribution in [2.45, 2.75) is 90.6 Å². The molecule has 0 atom stereocenters. The number of rotatable bonds is 6. The minimum Gasteiger partial charge on any atom is -0.459 e. The van der Waals surface area contributed by atoms with E-state index in [0.29, 0.717) is 11.5 Å². The second-order valence-electron chi connectivity index (χ2n) is 9.16. The van der Waals surface area contributed by atoms with Gasteiger partial charge in [-0.2, -0.15) is 0 Å². The highest BCUT2D eigenvalue weighted by atomic mass is 16.5. The largest absolute Gasteiger partial charge is 0.459 e. The van der Waals surface area contributed by atoms with Crippen molar-refractivity contribution in [3.63, 3.8) is 0 Å². The molecule has 2 heteroatoms. The Kier molecular flexibility index (Phi) is 9.06. The summed E-state index contributed by atoms with van der Waals surface area (Å²) in [5.74, 6) is 8.65. The van der Waals surface area contributed by atoms with E-state index in [0.717, 1.165) is 50.4 Å². The SMILES string of the molecule is CCCc1ccc(C(=O)O[C@H]2CC[C@H](C#C/C=C/[C@H]3CC[C@H](CC)CC3)CC2)cc1. The van der Waals surface area contributed by atoms with Crippen LogP contribution in [0.2, 0.25) is 0 Å². The number of esters is 1. The second kappa shape index (κ2) is 12.0. The average molecular weight is 407 g/mol. The van der Waals surface area contributed by atoms with Crippen LogP contribution in [0.25, 0.3) is 0 Å². The number of hydrogen-bond donors (Lipinski definition) is 0. The number of allylic oxidation sites excluding steroid dienone is 2. The Labute approximate surface area is 183 Å². The van der Waals surface area contributed by atoms with Crippen LogP contribution in [0.4, 0.5) is 0 Å². The van der Waals surface area contributed by atoms with Crippen molar-refractivity contribution in [2.75, 3.05) is 0 Å². The number of ether oxygens (including phenoxy) is 1. The van der Waals surface area contributed by atoms with Crippen molar-refractivity contribution in [3.05, 3.63) is 47.5 Å². The molecule has 0 radical (unpaired) electrons. The second-order valence-corrected chi connectivity index (χ2v) is 9.16. The van der Waals surface area contributed by atoms with Gasteiger partial charge in [-0.1, -0.05) is 56.7 Å². The first kappa shape index (κ1) is 22.7. The summed E-state index contributed by atoms with van der Waals surface area (Å²) in [6.07, 6.45) is 17.3. The van der Waals surface area contributed by atoms with Crippen molar-refractivity contribution in [1.82, 2.24) is 0 Å². The lowest BCUT2D eigenvalue weighted by atomic mass is 9.81. The van der Waals surface area contributed by atoms with E-state index in [-0.39, 0.29) is 12.1 Å². The molecule has 2 aliphatic rings. The Morgan fingerprint density at radius 1 is 1.00 bits per heavy atom. The van der Waals surface area contributed by atoms with Crippen LogP contribution in [0.3, 0.4) is 0 Å². The zero-order valence-electron chi connectivity index (χ0n) is 18.9. The van der Waals surface area contributed by atoms with Crippen LogP contribution in [0.1, 0.15) is 94.0 Å². The summed E-state index contributed by atoms with van der Waals surface area (Å²) in [6.45, 7) is 4.48. The molecule has 0 saturated heterocycles. The van der Waals surface area contributed by atoms with E-state index in [4.69, 9.17) is 4.74 Å². The minimum absolute atomic E-state index is 0.0372. The normalized spacial score (nSPS) is 26.7. The molecule has 2 fully saturated rings. The van der Waals surface area contributed by atoms with Gasteiger partial charge < -0.3 is 4.74 Å². The Morgan fingerprint density at radius 2 is 1.70 bits per heavy atom. The van der Waals surface area contributed by atoms with Gasteiger partial charge in [0.1, 0.15) is 6.10 Å². The fourth-order valence-corrected chi connectivity index (χ4v) is 4.78. The summed E-state index contributed by atoms with van der Waals surface area (Å²) in [4.78, 5) is 12.4. The van der Waals surface area contributed by atoms with Crippen LogP contribution in [-0.2, 0) is 11.2 Å². The highest BCUT2D eigenvalue weighted by Gasteiger charge is 2.23. The molecule has 162 valence electrons. The molecule has 0 N–H and O–H groups in total. The van der Waals surface area contributed by atoms with Crippen molar-refractivity contribution in [1.29, 1.82) is 0 Å². The number of carbonyl (C=O) groups excluding carboxylic acids is 1. The summed E-state index contributed by atoms with van der Waals surface area (Å²) in [5.41, 5.74) is 1.94. The monoisotopic (exact) mass is 406 g/mol. The van der Waals surface area contributed by atoms with Gasteiger partial charge in [-0.05, 0) is 93.4 Å². The van der Waals surface area contributed by atoms with Crippen LogP contribution in [0.5, 0.6) is 0 Å². The van der Waals surface area contributed by atoms with Gasteiger partial charge in [0, 0.05) is 5.92 Å². The summed E-state index contributed by atoms with van der Waals surface area (Å²) in [7, 11) is 0. The molecule has 0 aliphatic heterocycles. The lowest BCUT2D eigenvalue weighted by Crippen LogP contribution is -2.24. The summed E-state index contributed by atoms with van der Waals surface area (Å²) < 4.78 is 5.75. The number of benzene rings is 1. The molecular formula is C28H38O2. The average Bonchev–Trinajstić information content (AvgIpc) is 2.79. The minimum atomic E-state index is -0.187. The van der Waals surface area contributed by atoms with Crippen molar-refractivity contribution in [3.8, 4) is 11.8 Å². The molecular weight excluding hydrogens is 368 g/mol. The van der Waals surface area contributed by atoms with Crippen LogP contribution >= 0.6 is 0 Å². The van der Waals surface area contributed by atoms with Crippen molar-refractivity contribution < 1.29 is 9.53 Å². The number of aryl methyl sites for hydroxylation is 1. The third kappa shape index (κ3) is 7.05. The summed E-state index contributed by atoms with van der Waals surface area (Å²) in [5, 5.41) is 0. The fraction of sp³-hybridized carbons (Fsp3) is 0.607. The van der Waals surface area contributed by atoms with Crippen LogP contribution in [-0.4, -0.2) is 12.1 Å². The lowest BCUT2D eigenvalue weighted by Gasteiger charge is -2.25. The first-order valence-corrected chi connectivity index (χ1v) is 12.2. The zero-order chi connectivity index (χ0) is 21.2. The first-order chi connectivity index (χ1) is 14.7. The molecule has 0 bridgehead atoms. The third-order valence-corrected chi connectivity index (χ3v) is 6.88. The molecule has 1 aromatic rings. The molecule has 0 spiro atoms. The van der Waals surface area contributed by atoms with E-state index >= 15 is 0 Å². The van der Waals surface area contributed by atoms with E-state index < -0.39 is 0 Å². The molecule has 1 aromatic carbocycles. The molecule has 2 aliphatic carbocycles. The van der Waals surface area contributed by atoms with Crippen molar-refractivity contribution >= 4 is 5.97 Å². The van der Waals surface area contributed by atoms with Gasteiger partial charge in [-0.25, -0.2) is 4.79 Å². The number of hydrogen-bond acceptors (Lipinski definition) is 2. The molecule has 0 heterocycles. The topological polar surface area (TPSA) is 26.3 Å². The van der Waals surface area contributed by atoms with Crippen molar-refractivity contribution in [2.24, 2.45) is 17.8 Å². The Morgan fingerprint density at radius 3 is 2.33 bits per heavy atom. The van der Waals surface area contributed by atoms with Crippen LogP contribution in [0.15, 0.2) is 36.4 Å². The molecule has 2 saturated carbocycles. The predicted molar refractivity (Wildman–Crippen MR) is 124 cm³/mol. The van der Waals surface area contributed by atoms with E-state index in [9.17, 15) is 4.79 Å². The molecule has 0 unspecified atom stereocenters. The van der Waals surface area contributed by atoms with Crippen LogP contribution in [0, 0.1) is 29.6 Å². The molecule has 0 amide bonds. The van der Waals surface area contributed by atoms with E-state index in [1.807, 2.05) is 24.3 Å². The van der Waals surface area contributed by atoms with E-state index in [1.54, 1.807) is 0 Å². The Bertz CT molecular complexity index is 733. The maximum atomic E-state index is 12.4. The molecule has 3 rings (SSSR count). The quantitative estimate of drug-likeness (QED) is 0.371. The van der Waals surface area contributed by atoms with Gasteiger partial charge in [-0.3, -0.25) is 0 Å². The standard InChI is InChI=1S/C28H38O2/c1-3-7-23-14-18-26(19-15-23)28(29)30-27-20-16-25(17-21-27)9-6-5-8-24-12-10-22(4-2)11-13-24/h5,8,14-15,18-19,22,24-25,27H,3-4,7,10-13,16-17,20-21H2,1-2H3/b8-5+/t22-,24-,25-,27-. The first-order valence-electron chi connectivity index (χ1n) is 12.2. The smallest absolute Gasteiger partial charge is 0.338 e. The Hall–Kier alpha value is -2.01. The Balaban J connectivity index is 1.37. The molecule has 0 aromatic heterocycles. The fourth-order valence-electron chi connectivity index (χ4n) is 4.78. The van der Waals surface area contributed by atoms with Gasteiger partial charge in [0.2, 0.25) is 0 Å². The maximum absolute atomic E-state index is 12.4.